The highest BCUT2D eigenvalue weighted by atomic mass is 19.1. The number of nitrogen functional groups attached to an aromatic ring is 1. The van der Waals surface area contributed by atoms with E-state index in [0.717, 1.165) is 5.56 Å². The molecule has 1 aromatic carbocycles. The summed E-state index contributed by atoms with van der Waals surface area (Å²) in [5.74, 6) is -0.204. The van der Waals surface area contributed by atoms with Crippen LogP contribution in [0, 0.1) is 12.7 Å². The Bertz CT molecular complexity index is 523. The molecule has 2 aromatic rings. The van der Waals surface area contributed by atoms with Gasteiger partial charge < -0.3 is 15.0 Å². The van der Waals surface area contributed by atoms with Crippen molar-refractivity contribution in [2.24, 2.45) is 0 Å². The van der Waals surface area contributed by atoms with Gasteiger partial charge in [-0.1, -0.05) is 5.16 Å². The Morgan fingerprint density at radius 1 is 1.38 bits per heavy atom. The molecule has 16 heavy (non-hydrogen) atoms. The zero-order chi connectivity index (χ0) is 11.7. The molecule has 0 saturated heterocycles. The Morgan fingerprint density at radius 3 is 2.69 bits per heavy atom. The summed E-state index contributed by atoms with van der Waals surface area (Å²) < 4.78 is 23.6. The first-order valence-electron chi connectivity index (χ1n) is 4.68. The molecule has 0 aliphatic heterocycles. The van der Waals surface area contributed by atoms with Crippen LogP contribution in [0.4, 0.5) is 10.3 Å². The molecule has 0 atom stereocenters. The number of halogens is 1. The molecule has 0 bridgehead atoms. The number of nitrogens with two attached hydrogens (primary N) is 1. The number of methoxy groups -OCH3 is 1. The molecule has 2 N–H and O–H groups in total. The lowest BCUT2D eigenvalue weighted by Crippen LogP contribution is -1.94. The molecule has 0 fully saturated rings. The quantitative estimate of drug-likeness (QED) is 0.847. The number of rotatable bonds is 2. The van der Waals surface area contributed by atoms with E-state index in [9.17, 15) is 4.39 Å². The summed E-state index contributed by atoms with van der Waals surface area (Å²) in [5, 5.41) is 3.52. The van der Waals surface area contributed by atoms with Crippen molar-refractivity contribution in [2.75, 3.05) is 12.8 Å². The molecule has 0 aliphatic rings. The summed E-state index contributed by atoms with van der Waals surface area (Å²) in [7, 11) is 1.42. The molecule has 1 heterocycles. The highest BCUT2D eigenvalue weighted by molar-refractivity contribution is 5.74. The van der Waals surface area contributed by atoms with Gasteiger partial charge in [0.25, 0.3) is 0 Å². The van der Waals surface area contributed by atoms with E-state index in [1.165, 1.54) is 13.3 Å². The maximum absolute atomic E-state index is 13.9. The second-order valence-corrected chi connectivity index (χ2v) is 3.43. The van der Waals surface area contributed by atoms with Crippen LogP contribution in [0.5, 0.6) is 5.75 Å². The second-order valence-electron chi connectivity index (χ2n) is 3.43. The molecule has 84 valence electrons. The topological polar surface area (TPSA) is 61.3 Å². The van der Waals surface area contributed by atoms with Crippen LogP contribution < -0.4 is 10.5 Å². The molecule has 0 unspecified atom stereocenters. The summed E-state index contributed by atoms with van der Waals surface area (Å²) in [6.07, 6.45) is 1.38. The van der Waals surface area contributed by atoms with E-state index in [-0.39, 0.29) is 11.6 Å². The Morgan fingerprint density at radius 2 is 2.12 bits per heavy atom. The predicted octanol–water partition coefficient (Wildman–Crippen LogP) is 2.38. The van der Waals surface area contributed by atoms with Gasteiger partial charge in [0.2, 0.25) is 5.88 Å². The van der Waals surface area contributed by atoms with Gasteiger partial charge in [0.15, 0.2) is 11.6 Å². The fraction of sp³-hybridized carbons (Fsp3) is 0.182. The zero-order valence-electron chi connectivity index (χ0n) is 8.95. The van der Waals surface area contributed by atoms with E-state index in [2.05, 4.69) is 5.16 Å². The van der Waals surface area contributed by atoms with Crippen molar-refractivity contribution in [1.82, 2.24) is 5.16 Å². The van der Waals surface area contributed by atoms with E-state index < -0.39 is 5.82 Å². The molecule has 0 aliphatic carbocycles. The van der Waals surface area contributed by atoms with Crippen molar-refractivity contribution < 1.29 is 13.7 Å². The molecular weight excluding hydrogens is 211 g/mol. The second kappa shape index (κ2) is 3.84. The molecule has 0 amide bonds. The van der Waals surface area contributed by atoms with E-state index in [4.69, 9.17) is 15.0 Å². The lowest BCUT2D eigenvalue weighted by Gasteiger charge is -2.07. The molecule has 1 aromatic heterocycles. The largest absolute Gasteiger partial charge is 0.494 e. The Hall–Kier alpha value is -2.04. The molecule has 2 rings (SSSR count). The molecule has 0 saturated carbocycles. The van der Waals surface area contributed by atoms with Crippen LogP contribution in [0.15, 0.2) is 22.9 Å². The highest BCUT2D eigenvalue weighted by Gasteiger charge is 2.16. The van der Waals surface area contributed by atoms with E-state index in [1.807, 2.05) is 6.92 Å². The Labute approximate surface area is 91.8 Å². The van der Waals surface area contributed by atoms with Crippen LogP contribution in [-0.2, 0) is 0 Å². The van der Waals surface area contributed by atoms with Crippen LogP contribution in [0.2, 0.25) is 0 Å². The molecule has 5 heteroatoms. The van der Waals surface area contributed by atoms with Crippen molar-refractivity contribution in [3.05, 3.63) is 29.7 Å². The number of anilines is 1. The van der Waals surface area contributed by atoms with Gasteiger partial charge in [0, 0.05) is 5.56 Å². The van der Waals surface area contributed by atoms with Crippen LogP contribution in [-0.4, -0.2) is 12.3 Å². The number of aryl methyl sites for hydroxylation is 1. The summed E-state index contributed by atoms with van der Waals surface area (Å²) in [6.45, 7) is 1.84. The number of benzene rings is 1. The summed E-state index contributed by atoms with van der Waals surface area (Å²) in [4.78, 5) is 0. The van der Waals surface area contributed by atoms with Crippen LogP contribution in [0.1, 0.15) is 5.56 Å². The summed E-state index contributed by atoms with van der Waals surface area (Å²) >= 11 is 0. The highest BCUT2D eigenvalue weighted by Crippen LogP contribution is 2.33. The minimum atomic E-state index is -0.469. The van der Waals surface area contributed by atoms with Crippen molar-refractivity contribution in [1.29, 1.82) is 0 Å². The first kappa shape index (κ1) is 10.5. The smallest absolute Gasteiger partial charge is 0.230 e. The zero-order valence-corrected chi connectivity index (χ0v) is 8.95. The van der Waals surface area contributed by atoms with Gasteiger partial charge in [-0.3, -0.25) is 0 Å². The molecule has 0 spiro atoms. The van der Waals surface area contributed by atoms with Crippen molar-refractivity contribution in [3.8, 4) is 16.9 Å². The molecule has 0 radical (unpaired) electrons. The number of hydrogen-bond acceptors (Lipinski definition) is 4. The molecular formula is C11H11FN2O2. The normalized spacial score (nSPS) is 10.4. The van der Waals surface area contributed by atoms with Crippen LogP contribution >= 0.6 is 0 Å². The number of hydrogen-bond donors (Lipinski definition) is 1. The lowest BCUT2D eigenvalue weighted by atomic mass is 10.0. The van der Waals surface area contributed by atoms with Gasteiger partial charge >= 0.3 is 0 Å². The maximum Gasteiger partial charge on any atom is 0.230 e. The number of nitrogens with zero attached hydrogens (tertiary/aromatic N) is 1. The van der Waals surface area contributed by atoms with Gasteiger partial charge in [-0.25, -0.2) is 4.39 Å². The fourth-order valence-electron chi connectivity index (χ4n) is 1.53. The monoisotopic (exact) mass is 222 g/mol. The first-order chi connectivity index (χ1) is 7.63. The van der Waals surface area contributed by atoms with E-state index in [1.54, 1.807) is 12.1 Å². The van der Waals surface area contributed by atoms with Gasteiger partial charge in [-0.15, -0.1) is 0 Å². The average Bonchev–Trinajstić information content (AvgIpc) is 2.67. The minimum Gasteiger partial charge on any atom is -0.494 e. The van der Waals surface area contributed by atoms with Crippen molar-refractivity contribution in [3.63, 3.8) is 0 Å². The molecule has 4 nitrogen and oxygen atoms in total. The fourth-order valence-corrected chi connectivity index (χ4v) is 1.53. The van der Waals surface area contributed by atoms with Crippen LogP contribution in [0.3, 0.4) is 0 Å². The van der Waals surface area contributed by atoms with Gasteiger partial charge in [-0.2, -0.15) is 0 Å². The Kier molecular flexibility index (Phi) is 2.52. The van der Waals surface area contributed by atoms with Gasteiger partial charge in [-0.05, 0) is 24.6 Å². The number of aromatic nitrogens is 1. The number of ether oxygens (including phenoxy) is 1. The SMILES string of the molecule is COc1cc(C)cc(-c2cnoc2N)c1F. The third-order valence-electron chi connectivity index (χ3n) is 2.29. The maximum atomic E-state index is 13.9. The van der Waals surface area contributed by atoms with Crippen LogP contribution in [0.25, 0.3) is 11.1 Å². The van der Waals surface area contributed by atoms with Crippen molar-refractivity contribution >= 4 is 5.88 Å². The third kappa shape index (κ3) is 1.60. The van der Waals surface area contributed by atoms with Gasteiger partial charge in [0.1, 0.15) is 0 Å². The Balaban J connectivity index is 2.65. The third-order valence-corrected chi connectivity index (χ3v) is 2.29. The average molecular weight is 222 g/mol. The van der Waals surface area contributed by atoms with E-state index in [0.29, 0.717) is 11.1 Å². The first-order valence-corrected chi connectivity index (χ1v) is 4.68. The summed E-state index contributed by atoms with van der Waals surface area (Å²) in [6, 6.07) is 3.28. The van der Waals surface area contributed by atoms with Gasteiger partial charge in [0.05, 0.1) is 18.9 Å². The standard InChI is InChI=1S/C11H11FN2O2/c1-6-3-7(8-5-14-16-11(8)13)10(12)9(4-6)15-2/h3-5H,13H2,1-2H3. The minimum absolute atomic E-state index is 0.0894. The lowest BCUT2D eigenvalue weighted by molar-refractivity contribution is 0.387. The van der Waals surface area contributed by atoms with Crippen molar-refractivity contribution in [2.45, 2.75) is 6.92 Å². The van der Waals surface area contributed by atoms with E-state index >= 15 is 0 Å². The summed E-state index contributed by atoms with van der Waals surface area (Å²) in [5.41, 5.74) is 7.18. The predicted molar refractivity (Wildman–Crippen MR) is 57.6 cm³/mol.